The molecule has 0 fully saturated rings. The Hall–Kier alpha value is 0.730. The first-order chi connectivity index (χ1) is 4.72. The van der Waals surface area contributed by atoms with Gasteiger partial charge in [-0.2, -0.15) is 0 Å². The van der Waals surface area contributed by atoms with E-state index in [1.54, 1.807) is 0 Å². The zero-order chi connectivity index (χ0) is 7.98. The van der Waals surface area contributed by atoms with Gasteiger partial charge in [0.15, 0.2) is 0 Å². The molecular formula is C8H16HoO2. The molecule has 0 amide bonds. The van der Waals surface area contributed by atoms with E-state index in [-0.39, 0.29) is 43.7 Å². The van der Waals surface area contributed by atoms with Crippen molar-refractivity contribution in [2.75, 3.05) is 0 Å². The van der Waals surface area contributed by atoms with Crippen LogP contribution in [0.1, 0.15) is 39.5 Å². The van der Waals surface area contributed by atoms with Crippen molar-refractivity contribution in [2.24, 2.45) is 5.92 Å². The first-order valence-corrected chi connectivity index (χ1v) is 3.95. The van der Waals surface area contributed by atoms with Crippen molar-refractivity contribution in [3.05, 3.63) is 0 Å². The summed E-state index contributed by atoms with van der Waals surface area (Å²) in [6.07, 6.45) is 3.71. The van der Waals surface area contributed by atoms with Crippen molar-refractivity contribution in [2.45, 2.75) is 39.5 Å². The summed E-state index contributed by atoms with van der Waals surface area (Å²) in [6.45, 7) is 4.00. The molecule has 0 aliphatic carbocycles. The molecule has 0 rings (SSSR count). The van der Waals surface area contributed by atoms with Gasteiger partial charge in [-0.3, -0.25) is 4.79 Å². The second-order valence-electron chi connectivity index (χ2n) is 2.59. The minimum absolute atomic E-state index is 0. The number of carboxylic acids is 1. The quantitative estimate of drug-likeness (QED) is 0.791. The van der Waals surface area contributed by atoms with Gasteiger partial charge in [0.1, 0.15) is 0 Å². The number of carboxylic acid groups (broad SMARTS) is 1. The number of rotatable bonds is 5. The summed E-state index contributed by atoms with van der Waals surface area (Å²) >= 11 is 0. The topological polar surface area (TPSA) is 37.3 Å². The van der Waals surface area contributed by atoms with Crippen molar-refractivity contribution in [1.82, 2.24) is 0 Å². The Kier molecular flexibility index (Phi) is 11.4. The van der Waals surface area contributed by atoms with E-state index in [2.05, 4.69) is 6.92 Å². The number of hydrogen-bond donors (Lipinski definition) is 1. The predicted molar refractivity (Wildman–Crippen MR) is 40.9 cm³/mol. The molecule has 3 heteroatoms. The van der Waals surface area contributed by atoms with E-state index in [4.69, 9.17) is 5.11 Å². The Bertz CT molecular complexity index is 104. The summed E-state index contributed by atoms with van der Waals surface area (Å²) in [7, 11) is 0. The number of unbranched alkanes of at least 4 members (excludes halogenated alkanes) is 1. The van der Waals surface area contributed by atoms with Gasteiger partial charge in [0.05, 0.1) is 5.92 Å². The molecule has 0 saturated heterocycles. The van der Waals surface area contributed by atoms with Crippen LogP contribution in [0, 0.1) is 43.7 Å². The van der Waals surface area contributed by atoms with Crippen LogP contribution in [0.4, 0.5) is 0 Å². The molecule has 0 aliphatic rings. The first-order valence-electron chi connectivity index (χ1n) is 3.95. The van der Waals surface area contributed by atoms with E-state index >= 15 is 0 Å². The summed E-state index contributed by atoms with van der Waals surface area (Å²) in [5, 5.41) is 8.60. The van der Waals surface area contributed by atoms with Crippen LogP contribution >= 0.6 is 0 Å². The standard InChI is InChI=1S/C8H16O2.Ho/c1-3-5-6-7(4-2)8(9)10;/h7H,3-6H2,1-2H3,(H,9,10);. The zero-order valence-electron chi connectivity index (χ0n) is 7.06. The Morgan fingerprint density at radius 1 is 1.45 bits per heavy atom. The van der Waals surface area contributed by atoms with E-state index in [1.165, 1.54) is 0 Å². The van der Waals surface area contributed by atoms with Gasteiger partial charge in [0, 0.05) is 37.7 Å². The number of aliphatic carboxylic acids is 1. The maximum atomic E-state index is 10.4. The van der Waals surface area contributed by atoms with E-state index in [1.807, 2.05) is 6.92 Å². The van der Waals surface area contributed by atoms with E-state index in [9.17, 15) is 4.79 Å². The minimum Gasteiger partial charge on any atom is -0.481 e. The molecular weight excluding hydrogens is 293 g/mol. The normalized spacial score (nSPS) is 11.8. The SMILES string of the molecule is CCCCC(CC)C(=O)O.[Ho]. The fraction of sp³-hybridized carbons (Fsp3) is 0.875. The third-order valence-electron chi connectivity index (χ3n) is 1.75. The molecule has 0 aromatic heterocycles. The molecule has 1 radical (unpaired) electrons. The molecule has 0 aliphatic heterocycles. The summed E-state index contributed by atoms with van der Waals surface area (Å²) in [5.74, 6) is -0.754. The van der Waals surface area contributed by atoms with Gasteiger partial charge >= 0.3 is 5.97 Å². The van der Waals surface area contributed by atoms with Crippen molar-refractivity contribution >= 4 is 5.97 Å². The molecule has 2 nitrogen and oxygen atoms in total. The third kappa shape index (κ3) is 7.10. The Morgan fingerprint density at radius 2 is 2.00 bits per heavy atom. The Balaban J connectivity index is 0. The van der Waals surface area contributed by atoms with Crippen LogP contribution in [0.15, 0.2) is 0 Å². The number of carbonyl (C=O) groups is 1. The van der Waals surface area contributed by atoms with Gasteiger partial charge < -0.3 is 5.11 Å². The first kappa shape index (κ1) is 14.3. The number of hydrogen-bond acceptors (Lipinski definition) is 1. The molecule has 0 aromatic rings. The van der Waals surface area contributed by atoms with Gasteiger partial charge in [-0.1, -0.05) is 26.7 Å². The average Bonchev–Trinajstić information content (AvgIpc) is 1.89. The van der Waals surface area contributed by atoms with Crippen LogP contribution in [-0.4, -0.2) is 11.1 Å². The largest absolute Gasteiger partial charge is 0.481 e. The molecule has 1 atom stereocenters. The Morgan fingerprint density at radius 3 is 2.27 bits per heavy atom. The maximum absolute atomic E-state index is 10.4. The zero-order valence-corrected chi connectivity index (χ0v) is 9.00. The molecule has 1 N–H and O–H groups in total. The molecule has 1 unspecified atom stereocenters. The third-order valence-corrected chi connectivity index (χ3v) is 1.75. The van der Waals surface area contributed by atoms with Gasteiger partial charge in [-0.25, -0.2) is 0 Å². The van der Waals surface area contributed by atoms with E-state index in [0.29, 0.717) is 0 Å². The van der Waals surface area contributed by atoms with Crippen LogP contribution in [0.5, 0.6) is 0 Å². The van der Waals surface area contributed by atoms with Crippen LogP contribution in [-0.2, 0) is 4.79 Å². The van der Waals surface area contributed by atoms with Crippen molar-refractivity contribution in [3.63, 3.8) is 0 Å². The smallest absolute Gasteiger partial charge is 0.306 e. The van der Waals surface area contributed by atoms with Crippen LogP contribution in [0.2, 0.25) is 0 Å². The molecule has 71 valence electrons. The van der Waals surface area contributed by atoms with Gasteiger partial charge in [0.2, 0.25) is 0 Å². The molecule has 0 saturated carbocycles. The van der Waals surface area contributed by atoms with E-state index < -0.39 is 5.97 Å². The van der Waals surface area contributed by atoms with Gasteiger partial charge in [-0.15, -0.1) is 0 Å². The second-order valence-corrected chi connectivity index (χ2v) is 2.59. The van der Waals surface area contributed by atoms with Crippen LogP contribution < -0.4 is 0 Å². The van der Waals surface area contributed by atoms with E-state index in [0.717, 1.165) is 25.7 Å². The van der Waals surface area contributed by atoms with Crippen molar-refractivity contribution < 1.29 is 47.6 Å². The Labute approximate surface area is 98.4 Å². The summed E-state index contributed by atoms with van der Waals surface area (Å²) in [4.78, 5) is 10.4. The molecule has 0 aromatic carbocycles. The molecule has 0 bridgehead atoms. The molecule has 0 heterocycles. The van der Waals surface area contributed by atoms with Gasteiger partial charge in [-0.05, 0) is 12.8 Å². The maximum Gasteiger partial charge on any atom is 0.306 e. The van der Waals surface area contributed by atoms with Crippen molar-refractivity contribution in [1.29, 1.82) is 0 Å². The monoisotopic (exact) mass is 309 g/mol. The molecule has 0 spiro atoms. The van der Waals surface area contributed by atoms with Crippen LogP contribution in [0.25, 0.3) is 0 Å². The summed E-state index contributed by atoms with van der Waals surface area (Å²) in [5.41, 5.74) is 0. The molecule has 11 heavy (non-hydrogen) atoms. The second kappa shape index (κ2) is 8.82. The summed E-state index contributed by atoms with van der Waals surface area (Å²) in [6, 6.07) is 0. The summed E-state index contributed by atoms with van der Waals surface area (Å²) < 4.78 is 0. The fourth-order valence-electron chi connectivity index (χ4n) is 0.953. The fourth-order valence-corrected chi connectivity index (χ4v) is 0.953. The predicted octanol–water partition coefficient (Wildman–Crippen LogP) is 2.29. The average molecular weight is 309 g/mol. The van der Waals surface area contributed by atoms with Crippen molar-refractivity contribution in [3.8, 4) is 0 Å². The minimum atomic E-state index is -0.643. The van der Waals surface area contributed by atoms with Crippen LogP contribution in [0.3, 0.4) is 0 Å². The van der Waals surface area contributed by atoms with Gasteiger partial charge in [0.25, 0.3) is 0 Å².